The van der Waals surface area contributed by atoms with Crippen LogP contribution in [0.2, 0.25) is 0 Å². The van der Waals surface area contributed by atoms with Gasteiger partial charge in [-0.05, 0) is 12.1 Å². The van der Waals surface area contributed by atoms with Gasteiger partial charge in [-0.25, -0.2) is 4.79 Å². The maximum atomic E-state index is 12.2. The Morgan fingerprint density at radius 3 is 2.63 bits per heavy atom. The summed E-state index contributed by atoms with van der Waals surface area (Å²) in [5, 5.41) is 13.2. The van der Waals surface area contributed by atoms with Gasteiger partial charge in [-0.1, -0.05) is 6.58 Å². The van der Waals surface area contributed by atoms with E-state index in [1.54, 1.807) is 12.1 Å². The predicted molar refractivity (Wildman–Crippen MR) is 95.2 cm³/mol. The van der Waals surface area contributed by atoms with Crippen molar-refractivity contribution in [3.05, 3.63) is 30.5 Å². The van der Waals surface area contributed by atoms with E-state index in [4.69, 9.17) is 9.52 Å². The van der Waals surface area contributed by atoms with Crippen molar-refractivity contribution in [3.8, 4) is 0 Å². The molecule has 27 heavy (non-hydrogen) atoms. The van der Waals surface area contributed by atoms with Crippen LogP contribution in [0.15, 0.2) is 29.2 Å². The van der Waals surface area contributed by atoms with Crippen molar-refractivity contribution in [2.75, 3.05) is 37.6 Å². The molecule has 10 heteroatoms. The summed E-state index contributed by atoms with van der Waals surface area (Å²) in [6.45, 7) is 4.42. The Labute approximate surface area is 155 Å². The second-order valence-electron chi connectivity index (χ2n) is 5.83. The highest BCUT2D eigenvalue weighted by Gasteiger charge is 2.28. The van der Waals surface area contributed by atoms with Crippen LogP contribution in [0.4, 0.5) is 10.7 Å². The zero-order chi connectivity index (χ0) is 19.8. The van der Waals surface area contributed by atoms with Crippen LogP contribution in [0, 0.1) is 0 Å². The molecular weight excluding hydrogens is 356 g/mol. The fraction of sp³-hybridized carbons (Fsp3) is 0.412. The van der Waals surface area contributed by atoms with Crippen LogP contribution in [0.1, 0.15) is 12.2 Å². The number of nitrogens with zero attached hydrogens (tertiary/aromatic N) is 2. The molecule has 1 aromatic heterocycles. The minimum atomic E-state index is -1.14. The van der Waals surface area contributed by atoms with Crippen molar-refractivity contribution in [1.29, 1.82) is 0 Å². The van der Waals surface area contributed by atoms with Crippen LogP contribution >= 0.6 is 0 Å². The number of amides is 4. The highest BCUT2D eigenvalue weighted by molar-refractivity contribution is 5.98. The van der Waals surface area contributed by atoms with Gasteiger partial charge in [0.25, 0.3) is 0 Å². The molecular formula is C17H22N4O6. The van der Waals surface area contributed by atoms with Crippen LogP contribution < -0.4 is 15.5 Å². The lowest BCUT2D eigenvalue weighted by molar-refractivity contribution is -0.133. The van der Waals surface area contributed by atoms with Crippen molar-refractivity contribution in [1.82, 2.24) is 15.5 Å². The van der Waals surface area contributed by atoms with Crippen molar-refractivity contribution in [3.63, 3.8) is 0 Å². The first kappa shape index (κ1) is 20.0. The number of carbonyl (C=O) groups excluding carboxylic acids is 3. The molecule has 146 valence electrons. The minimum absolute atomic E-state index is 0.0341. The van der Waals surface area contributed by atoms with E-state index >= 15 is 0 Å². The summed E-state index contributed by atoms with van der Waals surface area (Å²) in [7, 11) is 0. The van der Waals surface area contributed by atoms with Gasteiger partial charge in [0.1, 0.15) is 12.3 Å². The summed E-state index contributed by atoms with van der Waals surface area (Å²) in [5.41, 5.74) is 0. The van der Waals surface area contributed by atoms with Crippen LogP contribution in [0.3, 0.4) is 0 Å². The summed E-state index contributed by atoms with van der Waals surface area (Å²) < 4.78 is 5.63. The first-order valence-corrected chi connectivity index (χ1v) is 8.44. The van der Waals surface area contributed by atoms with E-state index in [0.29, 0.717) is 31.2 Å². The average molecular weight is 378 g/mol. The van der Waals surface area contributed by atoms with Gasteiger partial charge in [-0.15, -0.1) is 0 Å². The summed E-state index contributed by atoms with van der Waals surface area (Å²) in [4.78, 5) is 48.7. The third-order valence-electron chi connectivity index (χ3n) is 3.94. The summed E-state index contributed by atoms with van der Waals surface area (Å²) in [6, 6.07) is 3.36. The smallest absolute Gasteiger partial charge is 0.404 e. The first-order chi connectivity index (χ1) is 12.9. The molecule has 0 bridgehead atoms. The number of furan rings is 1. The van der Waals surface area contributed by atoms with Gasteiger partial charge >= 0.3 is 6.09 Å². The number of piperazine rings is 1. The molecule has 0 spiro atoms. The van der Waals surface area contributed by atoms with Crippen LogP contribution in [-0.2, 0) is 20.8 Å². The summed E-state index contributed by atoms with van der Waals surface area (Å²) in [6.07, 6.45) is 0.560. The molecule has 1 fully saturated rings. The third kappa shape index (κ3) is 5.87. The van der Waals surface area contributed by atoms with Crippen molar-refractivity contribution in [2.45, 2.75) is 12.8 Å². The van der Waals surface area contributed by atoms with Gasteiger partial charge in [0.15, 0.2) is 0 Å². The molecule has 0 saturated carbocycles. The van der Waals surface area contributed by atoms with E-state index in [1.165, 1.54) is 15.9 Å². The Balaban J connectivity index is 1.78. The summed E-state index contributed by atoms with van der Waals surface area (Å²) >= 11 is 0. The SMILES string of the molecule is C=CC(=O)N1CCN(c2ccc(CCC(=O)NCCNC(=O)O)o2)C(=O)C1. The zero-order valence-electron chi connectivity index (χ0n) is 14.8. The van der Waals surface area contributed by atoms with Crippen LogP contribution in [0.25, 0.3) is 0 Å². The number of carbonyl (C=O) groups is 4. The normalized spacial score (nSPS) is 14.0. The molecule has 0 aromatic carbocycles. The van der Waals surface area contributed by atoms with E-state index in [9.17, 15) is 19.2 Å². The van der Waals surface area contributed by atoms with Gasteiger partial charge in [-0.3, -0.25) is 19.3 Å². The molecule has 0 unspecified atom stereocenters. The van der Waals surface area contributed by atoms with Gasteiger partial charge in [-0.2, -0.15) is 0 Å². The number of anilines is 1. The van der Waals surface area contributed by atoms with Crippen molar-refractivity contribution in [2.24, 2.45) is 0 Å². The average Bonchev–Trinajstić information content (AvgIpc) is 3.11. The van der Waals surface area contributed by atoms with E-state index in [0.717, 1.165) is 0 Å². The number of aryl methyl sites for hydroxylation is 1. The van der Waals surface area contributed by atoms with Gasteiger partial charge in [0.05, 0.1) is 0 Å². The molecule has 4 amide bonds. The Hall–Kier alpha value is -3.30. The maximum Gasteiger partial charge on any atom is 0.404 e. The fourth-order valence-corrected chi connectivity index (χ4v) is 2.57. The molecule has 0 aliphatic carbocycles. The van der Waals surface area contributed by atoms with E-state index in [2.05, 4.69) is 17.2 Å². The monoisotopic (exact) mass is 378 g/mol. The molecule has 1 aliphatic rings. The highest BCUT2D eigenvalue weighted by Crippen LogP contribution is 2.21. The molecule has 0 radical (unpaired) electrons. The van der Waals surface area contributed by atoms with Crippen molar-refractivity contribution < 1.29 is 28.7 Å². The standard InChI is InChI=1S/C17H22N4O6/c1-2-14(23)20-9-10-21(15(24)11-20)16-6-4-12(27-16)3-5-13(22)18-7-8-19-17(25)26/h2,4,6,19H,1,3,5,7-11H2,(H,18,22)(H,25,26). The molecule has 0 atom stereocenters. The number of carboxylic acid groups (broad SMARTS) is 1. The summed E-state index contributed by atoms with van der Waals surface area (Å²) in [5.74, 6) is 0.175. The second-order valence-corrected chi connectivity index (χ2v) is 5.83. The molecule has 1 aliphatic heterocycles. The van der Waals surface area contributed by atoms with Gasteiger partial charge in [0, 0.05) is 45.1 Å². The fourth-order valence-electron chi connectivity index (χ4n) is 2.57. The van der Waals surface area contributed by atoms with Crippen LogP contribution in [-0.4, -0.2) is 66.5 Å². The Bertz CT molecular complexity index is 729. The Morgan fingerprint density at radius 2 is 1.96 bits per heavy atom. The lowest BCUT2D eigenvalue weighted by Crippen LogP contribution is -2.52. The molecule has 2 heterocycles. The quantitative estimate of drug-likeness (QED) is 0.429. The zero-order valence-corrected chi connectivity index (χ0v) is 14.8. The van der Waals surface area contributed by atoms with Gasteiger partial charge in [0.2, 0.25) is 23.6 Å². The molecule has 1 saturated heterocycles. The Kier molecular flexibility index (Phi) is 6.98. The van der Waals surface area contributed by atoms with Crippen LogP contribution in [0.5, 0.6) is 0 Å². The molecule has 2 rings (SSSR count). The highest BCUT2D eigenvalue weighted by atomic mass is 16.4. The topological polar surface area (TPSA) is 132 Å². The predicted octanol–water partition coefficient (Wildman–Crippen LogP) is -0.0428. The molecule has 1 aromatic rings. The maximum absolute atomic E-state index is 12.2. The largest absolute Gasteiger partial charge is 0.465 e. The third-order valence-corrected chi connectivity index (χ3v) is 3.94. The lowest BCUT2D eigenvalue weighted by atomic mass is 10.2. The minimum Gasteiger partial charge on any atom is -0.465 e. The van der Waals surface area contributed by atoms with Crippen molar-refractivity contribution >= 4 is 29.7 Å². The second kappa shape index (κ2) is 9.41. The number of rotatable bonds is 8. The lowest BCUT2D eigenvalue weighted by Gasteiger charge is -2.32. The van der Waals surface area contributed by atoms with Gasteiger partial charge < -0.3 is 25.1 Å². The number of hydrogen-bond donors (Lipinski definition) is 3. The van der Waals surface area contributed by atoms with E-state index < -0.39 is 6.09 Å². The Morgan fingerprint density at radius 1 is 1.22 bits per heavy atom. The molecule has 3 N–H and O–H groups in total. The number of nitrogens with one attached hydrogen (secondary N) is 2. The molecule has 10 nitrogen and oxygen atoms in total. The van der Waals surface area contributed by atoms with E-state index in [-0.39, 0.29) is 43.8 Å². The number of hydrogen-bond acceptors (Lipinski definition) is 5. The van der Waals surface area contributed by atoms with E-state index in [1.807, 2.05) is 0 Å². The first-order valence-electron chi connectivity index (χ1n) is 8.44.